The van der Waals surface area contributed by atoms with Gasteiger partial charge in [-0.3, -0.25) is 10.3 Å². The Morgan fingerprint density at radius 2 is 1.74 bits per heavy atom. The van der Waals surface area contributed by atoms with Gasteiger partial charge in [-0.05, 0) is 12.3 Å². The predicted octanol–water partition coefficient (Wildman–Crippen LogP) is 0.304. The van der Waals surface area contributed by atoms with Crippen molar-refractivity contribution in [2.45, 2.75) is 33.7 Å². The standard InChI is InChI=1S/C12H26N4O2S/c1-10(11(13)14)15-5-7-16(8-6-15)19(17,18)9-12(2,3)4/h10H,5-9H2,1-4H3,(H3,13,14). The maximum Gasteiger partial charge on any atom is 0.214 e. The summed E-state index contributed by atoms with van der Waals surface area (Å²) in [5, 5.41) is 7.43. The quantitative estimate of drug-likeness (QED) is 0.576. The van der Waals surface area contributed by atoms with E-state index in [2.05, 4.69) is 0 Å². The third-order valence-electron chi connectivity index (χ3n) is 3.28. The molecule has 3 N–H and O–H groups in total. The van der Waals surface area contributed by atoms with Gasteiger partial charge in [-0.1, -0.05) is 20.8 Å². The molecule has 0 bridgehead atoms. The van der Waals surface area contributed by atoms with E-state index < -0.39 is 10.0 Å². The number of nitrogens with zero attached hydrogens (tertiary/aromatic N) is 2. The lowest BCUT2D eigenvalue weighted by molar-refractivity contribution is 0.172. The molecule has 1 fully saturated rings. The molecular weight excluding hydrogens is 264 g/mol. The fourth-order valence-electron chi connectivity index (χ4n) is 2.20. The second-order valence-corrected chi connectivity index (χ2v) is 8.35. The second kappa shape index (κ2) is 5.76. The Bertz CT molecular complexity index is 420. The highest BCUT2D eigenvalue weighted by atomic mass is 32.2. The van der Waals surface area contributed by atoms with Crippen molar-refractivity contribution in [3.05, 3.63) is 0 Å². The van der Waals surface area contributed by atoms with Crippen LogP contribution in [0.5, 0.6) is 0 Å². The number of piperazine rings is 1. The van der Waals surface area contributed by atoms with Crippen LogP contribution in [0.25, 0.3) is 0 Å². The van der Waals surface area contributed by atoms with Gasteiger partial charge in [0.25, 0.3) is 0 Å². The van der Waals surface area contributed by atoms with E-state index in [1.807, 2.05) is 32.6 Å². The van der Waals surface area contributed by atoms with Gasteiger partial charge >= 0.3 is 0 Å². The first-order valence-corrected chi connectivity index (χ1v) is 8.20. The first kappa shape index (κ1) is 16.4. The van der Waals surface area contributed by atoms with Gasteiger partial charge in [0.2, 0.25) is 10.0 Å². The van der Waals surface area contributed by atoms with E-state index >= 15 is 0 Å². The predicted molar refractivity (Wildman–Crippen MR) is 77.8 cm³/mol. The fourth-order valence-corrected chi connectivity index (χ4v) is 4.20. The summed E-state index contributed by atoms with van der Waals surface area (Å²) in [6.45, 7) is 9.89. The molecule has 0 amide bonds. The number of sulfonamides is 1. The van der Waals surface area contributed by atoms with Crippen LogP contribution in [-0.2, 0) is 10.0 Å². The highest BCUT2D eigenvalue weighted by molar-refractivity contribution is 7.89. The third kappa shape index (κ3) is 4.74. The van der Waals surface area contributed by atoms with Gasteiger partial charge in [-0.15, -0.1) is 0 Å². The zero-order valence-electron chi connectivity index (χ0n) is 12.3. The minimum absolute atomic E-state index is 0.118. The Morgan fingerprint density at radius 3 is 2.11 bits per heavy atom. The fraction of sp³-hybridized carbons (Fsp3) is 0.917. The smallest absolute Gasteiger partial charge is 0.214 e. The molecule has 0 aromatic heterocycles. The monoisotopic (exact) mass is 290 g/mol. The van der Waals surface area contributed by atoms with Gasteiger partial charge in [0.15, 0.2) is 0 Å². The molecule has 1 heterocycles. The minimum atomic E-state index is -3.19. The van der Waals surface area contributed by atoms with Gasteiger partial charge in [0.1, 0.15) is 5.84 Å². The molecule has 7 heteroatoms. The number of hydrogen-bond acceptors (Lipinski definition) is 4. The Kier molecular flexibility index (Phi) is 4.97. The van der Waals surface area contributed by atoms with Crippen LogP contribution >= 0.6 is 0 Å². The molecule has 1 saturated heterocycles. The molecule has 19 heavy (non-hydrogen) atoms. The lowest BCUT2D eigenvalue weighted by atomic mass is 10.0. The minimum Gasteiger partial charge on any atom is -0.386 e. The molecule has 1 atom stereocenters. The van der Waals surface area contributed by atoms with E-state index in [9.17, 15) is 8.42 Å². The van der Waals surface area contributed by atoms with Gasteiger partial charge in [-0.25, -0.2) is 8.42 Å². The van der Waals surface area contributed by atoms with Crippen molar-refractivity contribution in [3.63, 3.8) is 0 Å². The van der Waals surface area contributed by atoms with E-state index in [0.29, 0.717) is 26.2 Å². The average molecular weight is 290 g/mol. The van der Waals surface area contributed by atoms with Crippen LogP contribution in [0.4, 0.5) is 0 Å². The molecule has 1 aliphatic rings. The van der Waals surface area contributed by atoms with Crippen molar-refractivity contribution in [1.29, 1.82) is 5.41 Å². The van der Waals surface area contributed by atoms with E-state index in [1.54, 1.807) is 4.31 Å². The highest BCUT2D eigenvalue weighted by Crippen LogP contribution is 2.20. The number of rotatable bonds is 4. The summed E-state index contributed by atoms with van der Waals surface area (Å²) in [5.41, 5.74) is 5.25. The summed E-state index contributed by atoms with van der Waals surface area (Å²) >= 11 is 0. The summed E-state index contributed by atoms with van der Waals surface area (Å²) in [4.78, 5) is 2.05. The number of amidine groups is 1. The Labute approximate surface area is 116 Å². The topological polar surface area (TPSA) is 90.5 Å². The maximum atomic E-state index is 12.3. The van der Waals surface area contributed by atoms with Crippen molar-refractivity contribution in [1.82, 2.24) is 9.21 Å². The summed E-state index contributed by atoms with van der Waals surface area (Å²) in [6, 6.07) is -0.118. The van der Waals surface area contributed by atoms with Gasteiger partial charge in [0.05, 0.1) is 11.8 Å². The normalized spacial score (nSPS) is 21.3. The lowest BCUT2D eigenvalue weighted by Crippen LogP contribution is -2.54. The molecule has 1 unspecified atom stereocenters. The van der Waals surface area contributed by atoms with Crippen LogP contribution in [0.15, 0.2) is 0 Å². The molecule has 0 spiro atoms. The SMILES string of the molecule is CC(C(=N)N)N1CCN(S(=O)(=O)CC(C)(C)C)CC1. The molecule has 0 aliphatic carbocycles. The molecule has 0 radical (unpaired) electrons. The van der Waals surface area contributed by atoms with Gasteiger partial charge in [0, 0.05) is 26.2 Å². The first-order valence-electron chi connectivity index (χ1n) is 6.59. The maximum absolute atomic E-state index is 12.3. The highest BCUT2D eigenvalue weighted by Gasteiger charge is 2.32. The van der Waals surface area contributed by atoms with Crippen LogP contribution < -0.4 is 5.73 Å². The molecule has 0 saturated carbocycles. The Hall–Kier alpha value is -0.660. The number of nitrogens with two attached hydrogens (primary N) is 1. The largest absolute Gasteiger partial charge is 0.386 e. The van der Waals surface area contributed by atoms with E-state index in [-0.39, 0.29) is 23.0 Å². The van der Waals surface area contributed by atoms with Crippen LogP contribution in [0.2, 0.25) is 0 Å². The van der Waals surface area contributed by atoms with Gasteiger partial charge < -0.3 is 5.73 Å². The molecule has 0 aromatic rings. The second-order valence-electron chi connectivity index (χ2n) is 6.38. The van der Waals surface area contributed by atoms with Crippen LogP contribution in [0.3, 0.4) is 0 Å². The summed E-state index contributed by atoms with van der Waals surface area (Å²) in [5.74, 6) is 0.299. The Morgan fingerprint density at radius 1 is 1.26 bits per heavy atom. The number of nitrogens with one attached hydrogen (secondary N) is 1. The van der Waals surface area contributed by atoms with E-state index in [0.717, 1.165) is 0 Å². The van der Waals surface area contributed by atoms with E-state index in [4.69, 9.17) is 11.1 Å². The molecule has 0 aromatic carbocycles. The summed E-state index contributed by atoms with van der Waals surface area (Å²) in [7, 11) is -3.19. The zero-order valence-corrected chi connectivity index (χ0v) is 13.1. The molecular formula is C12H26N4O2S. The molecule has 1 aliphatic heterocycles. The van der Waals surface area contributed by atoms with Gasteiger partial charge in [-0.2, -0.15) is 4.31 Å². The molecule has 6 nitrogen and oxygen atoms in total. The van der Waals surface area contributed by atoms with E-state index in [1.165, 1.54) is 0 Å². The molecule has 1 rings (SSSR count). The zero-order chi connectivity index (χ0) is 14.8. The van der Waals surface area contributed by atoms with Crippen LogP contribution in [0, 0.1) is 10.8 Å². The number of hydrogen-bond donors (Lipinski definition) is 2. The van der Waals surface area contributed by atoms with Crippen molar-refractivity contribution in [2.75, 3.05) is 31.9 Å². The van der Waals surface area contributed by atoms with Crippen LogP contribution in [-0.4, -0.2) is 61.4 Å². The first-order chi connectivity index (χ1) is 8.53. The van der Waals surface area contributed by atoms with Crippen molar-refractivity contribution in [2.24, 2.45) is 11.1 Å². The average Bonchev–Trinajstić information content (AvgIpc) is 2.25. The molecule has 112 valence electrons. The summed E-state index contributed by atoms with van der Waals surface area (Å²) < 4.78 is 26.1. The van der Waals surface area contributed by atoms with Crippen LogP contribution in [0.1, 0.15) is 27.7 Å². The van der Waals surface area contributed by atoms with Crippen molar-refractivity contribution < 1.29 is 8.42 Å². The summed E-state index contributed by atoms with van der Waals surface area (Å²) in [6.07, 6.45) is 0. The Balaban J connectivity index is 2.61. The lowest BCUT2D eigenvalue weighted by Gasteiger charge is -2.37. The third-order valence-corrected chi connectivity index (χ3v) is 5.66. The van der Waals surface area contributed by atoms with Crippen molar-refractivity contribution >= 4 is 15.9 Å². The van der Waals surface area contributed by atoms with Crippen molar-refractivity contribution in [3.8, 4) is 0 Å².